The molecule has 1 amide bonds. The Labute approximate surface area is 143 Å². The van der Waals surface area contributed by atoms with Crippen molar-refractivity contribution in [3.63, 3.8) is 0 Å². The fourth-order valence-electron chi connectivity index (χ4n) is 1.98. The molecule has 2 heterocycles. The van der Waals surface area contributed by atoms with E-state index in [0.717, 1.165) is 11.3 Å². The molecule has 1 aromatic carbocycles. The molecular formula is C15H10F3N3O3S. The van der Waals surface area contributed by atoms with Crippen LogP contribution in [0.1, 0.15) is 10.5 Å². The Bertz CT molecular complexity index is 927. The largest absolute Gasteiger partial charge is 0.618 e. The Balaban J connectivity index is 1.77. The maximum atomic E-state index is 12.2. The first-order valence-corrected chi connectivity index (χ1v) is 7.73. The first-order valence-electron chi connectivity index (χ1n) is 6.91. The van der Waals surface area contributed by atoms with Gasteiger partial charge in [0.15, 0.2) is 17.9 Å². The zero-order valence-electron chi connectivity index (χ0n) is 12.4. The number of nitrogens with one attached hydrogen (secondary N) is 1. The molecule has 3 rings (SSSR count). The summed E-state index contributed by atoms with van der Waals surface area (Å²) in [6, 6.07) is 8.66. The number of ether oxygens (including phenoxy) is 1. The summed E-state index contributed by atoms with van der Waals surface area (Å²) in [7, 11) is 0. The molecule has 130 valence electrons. The van der Waals surface area contributed by atoms with Crippen LogP contribution in [0, 0.1) is 5.21 Å². The topological polar surface area (TPSA) is 78.2 Å². The van der Waals surface area contributed by atoms with E-state index in [0.29, 0.717) is 14.9 Å². The Morgan fingerprint density at radius 2 is 2.12 bits per heavy atom. The molecule has 0 bridgehead atoms. The van der Waals surface area contributed by atoms with Gasteiger partial charge in [-0.05, 0) is 24.3 Å². The highest BCUT2D eigenvalue weighted by molar-refractivity contribution is 7.22. The number of benzene rings is 1. The van der Waals surface area contributed by atoms with Crippen molar-refractivity contribution in [2.45, 2.75) is 6.18 Å². The summed E-state index contributed by atoms with van der Waals surface area (Å²) in [6.07, 6.45) is -3.23. The van der Waals surface area contributed by atoms with Gasteiger partial charge in [0, 0.05) is 12.1 Å². The second kappa shape index (κ2) is 6.55. The number of halogens is 3. The van der Waals surface area contributed by atoms with Gasteiger partial charge in [0.1, 0.15) is 5.75 Å². The number of rotatable bonds is 4. The van der Waals surface area contributed by atoms with Crippen LogP contribution in [0.2, 0.25) is 0 Å². The lowest BCUT2D eigenvalue weighted by atomic mass is 10.3. The Morgan fingerprint density at radius 3 is 2.84 bits per heavy atom. The second-order valence-corrected chi connectivity index (χ2v) is 5.95. The van der Waals surface area contributed by atoms with Crippen molar-refractivity contribution >= 4 is 32.6 Å². The van der Waals surface area contributed by atoms with Crippen LogP contribution in [0.5, 0.6) is 5.75 Å². The van der Waals surface area contributed by atoms with Gasteiger partial charge < -0.3 is 9.94 Å². The number of hydrogen-bond donors (Lipinski definition) is 1. The molecule has 0 aliphatic heterocycles. The molecule has 6 nitrogen and oxygen atoms in total. The van der Waals surface area contributed by atoms with Crippen LogP contribution >= 0.6 is 11.3 Å². The molecule has 0 aliphatic carbocycles. The molecule has 0 spiro atoms. The van der Waals surface area contributed by atoms with Gasteiger partial charge in [0.25, 0.3) is 5.69 Å². The summed E-state index contributed by atoms with van der Waals surface area (Å²) in [4.78, 5) is 16.2. The number of carbonyl (C=O) groups excluding carboxylic acids is 1. The van der Waals surface area contributed by atoms with Crippen LogP contribution in [-0.2, 0) is 0 Å². The number of amides is 1. The predicted molar refractivity (Wildman–Crippen MR) is 84.5 cm³/mol. The van der Waals surface area contributed by atoms with Gasteiger partial charge in [-0.15, -0.1) is 0 Å². The summed E-state index contributed by atoms with van der Waals surface area (Å²) in [5.74, 6) is -0.588. The van der Waals surface area contributed by atoms with Crippen molar-refractivity contribution in [1.29, 1.82) is 0 Å². The van der Waals surface area contributed by atoms with Gasteiger partial charge in [-0.1, -0.05) is 11.3 Å². The number of pyridine rings is 1. The predicted octanol–water partition coefficient (Wildman–Crippen LogP) is 3.12. The summed E-state index contributed by atoms with van der Waals surface area (Å²) >= 11 is 1.06. The smallest absolute Gasteiger partial charge is 0.422 e. The van der Waals surface area contributed by atoms with E-state index < -0.39 is 18.7 Å². The van der Waals surface area contributed by atoms with Crippen LogP contribution in [0.15, 0.2) is 42.6 Å². The van der Waals surface area contributed by atoms with Gasteiger partial charge in [-0.2, -0.15) is 17.9 Å². The van der Waals surface area contributed by atoms with Crippen LogP contribution in [0.3, 0.4) is 0 Å². The third kappa shape index (κ3) is 4.15. The molecule has 3 aromatic rings. The van der Waals surface area contributed by atoms with Crippen LogP contribution < -0.4 is 14.8 Å². The molecule has 0 saturated heterocycles. The normalized spacial score (nSPS) is 11.5. The number of carbonyl (C=O) groups is 1. The third-order valence-corrected chi connectivity index (χ3v) is 3.97. The minimum atomic E-state index is -4.43. The summed E-state index contributed by atoms with van der Waals surface area (Å²) < 4.78 is 42.2. The van der Waals surface area contributed by atoms with E-state index in [4.69, 9.17) is 0 Å². The van der Waals surface area contributed by atoms with Gasteiger partial charge in [-0.25, -0.2) is 4.98 Å². The number of alkyl halides is 3. The van der Waals surface area contributed by atoms with E-state index in [-0.39, 0.29) is 16.6 Å². The monoisotopic (exact) mass is 369 g/mol. The van der Waals surface area contributed by atoms with Crippen molar-refractivity contribution in [3.05, 3.63) is 53.5 Å². The number of fused-ring (bicyclic) bond motifs is 1. The first kappa shape index (κ1) is 17.0. The van der Waals surface area contributed by atoms with Crippen molar-refractivity contribution in [3.8, 4) is 5.75 Å². The number of hydrogen-bond acceptors (Lipinski definition) is 5. The maximum Gasteiger partial charge on any atom is 0.422 e. The van der Waals surface area contributed by atoms with E-state index >= 15 is 0 Å². The second-order valence-electron chi connectivity index (χ2n) is 4.92. The minimum absolute atomic E-state index is 0.0480. The summed E-state index contributed by atoms with van der Waals surface area (Å²) in [5.41, 5.74) is 0.388. The number of thiazole rings is 1. The van der Waals surface area contributed by atoms with Crippen LogP contribution in [0.4, 0.5) is 18.3 Å². The Hall–Kier alpha value is -2.88. The number of aromatic nitrogens is 2. The Kier molecular flexibility index (Phi) is 4.45. The highest BCUT2D eigenvalue weighted by Crippen LogP contribution is 2.30. The summed E-state index contributed by atoms with van der Waals surface area (Å²) in [5, 5.41) is 14.3. The van der Waals surface area contributed by atoms with E-state index in [1.54, 1.807) is 6.07 Å². The van der Waals surface area contributed by atoms with Crippen molar-refractivity contribution in [2.24, 2.45) is 0 Å². The summed E-state index contributed by atoms with van der Waals surface area (Å²) in [6.45, 7) is -1.39. The van der Waals surface area contributed by atoms with E-state index in [2.05, 4.69) is 15.0 Å². The fraction of sp³-hybridized carbons (Fsp3) is 0.133. The molecule has 0 unspecified atom stereocenters. The fourth-order valence-corrected chi connectivity index (χ4v) is 2.87. The van der Waals surface area contributed by atoms with Gasteiger partial charge in [0.05, 0.1) is 10.2 Å². The van der Waals surface area contributed by atoms with Crippen molar-refractivity contribution in [2.75, 3.05) is 11.9 Å². The average molecular weight is 369 g/mol. The maximum absolute atomic E-state index is 12.2. The molecule has 25 heavy (non-hydrogen) atoms. The SMILES string of the molecule is O=C(Nc1nc2ccc(OCC(F)(F)F)cc2s1)c1cccc[n+]1[O-]. The van der Waals surface area contributed by atoms with E-state index in [1.807, 2.05) is 0 Å². The molecule has 10 heteroatoms. The van der Waals surface area contributed by atoms with Gasteiger partial charge in [-0.3, -0.25) is 10.1 Å². The highest BCUT2D eigenvalue weighted by Gasteiger charge is 2.28. The van der Waals surface area contributed by atoms with Gasteiger partial charge >= 0.3 is 12.1 Å². The molecule has 0 aliphatic rings. The van der Waals surface area contributed by atoms with Crippen LogP contribution in [0.25, 0.3) is 10.2 Å². The molecule has 0 atom stereocenters. The lowest BCUT2D eigenvalue weighted by Gasteiger charge is -2.08. The van der Waals surface area contributed by atoms with Crippen molar-refractivity contribution < 1.29 is 27.4 Å². The first-order chi connectivity index (χ1) is 11.8. The van der Waals surface area contributed by atoms with Crippen molar-refractivity contribution in [1.82, 2.24) is 4.98 Å². The molecule has 1 N–H and O–H groups in total. The standard InChI is InChI=1S/C15H10F3N3O3S/c16-15(17,18)8-24-9-4-5-10-12(7-9)25-14(19-10)20-13(22)11-3-1-2-6-21(11)23/h1-7H,8H2,(H,19,20,22). The highest BCUT2D eigenvalue weighted by atomic mass is 32.1. The van der Waals surface area contributed by atoms with E-state index in [1.165, 1.54) is 36.5 Å². The zero-order chi connectivity index (χ0) is 18.0. The molecule has 2 aromatic heterocycles. The molecule has 0 radical (unpaired) electrons. The van der Waals surface area contributed by atoms with Crippen LogP contribution in [-0.4, -0.2) is 23.7 Å². The minimum Gasteiger partial charge on any atom is -0.618 e. The Morgan fingerprint density at radius 1 is 1.32 bits per heavy atom. The zero-order valence-corrected chi connectivity index (χ0v) is 13.2. The molecular weight excluding hydrogens is 359 g/mol. The number of anilines is 1. The quantitative estimate of drug-likeness (QED) is 0.566. The van der Waals surface area contributed by atoms with E-state index in [9.17, 15) is 23.2 Å². The average Bonchev–Trinajstić information content (AvgIpc) is 2.94. The number of nitrogens with zero attached hydrogens (tertiary/aromatic N) is 2. The molecule has 0 saturated carbocycles. The van der Waals surface area contributed by atoms with Gasteiger partial charge in [0.2, 0.25) is 0 Å². The molecule has 0 fully saturated rings. The third-order valence-electron chi connectivity index (χ3n) is 3.04. The lowest BCUT2D eigenvalue weighted by molar-refractivity contribution is -0.607. The lowest BCUT2D eigenvalue weighted by Crippen LogP contribution is -2.36.